The molecule has 0 unspecified atom stereocenters. The van der Waals surface area contributed by atoms with Crippen molar-refractivity contribution in [1.29, 1.82) is 0 Å². The van der Waals surface area contributed by atoms with Crippen LogP contribution < -0.4 is 10.1 Å². The van der Waals surface area contributed by atoms with Crippen LogP contribution in [0.4, 0.5) is 0 Å². The first-order valence-electron chi connectivity index (χ1n) is 8.89. The molecule has 25 heavy (non-hydrogen) atoms. The number of piperazine rings is 1. The summed E-state index contributed by atoms with van der Waals surface area (Å²) in [5.41, 5.74) is 1.41. The zero-order valence-corrected chi connectivity index (χ0v) is 16.4. The van der Waals surface area contributed by atoms with Gasteiger partial charge in [-0.2, -0.15) is 0 Å². The van der Waals surface area contributed by atoms with Crippen LogP contribution in [0.1, 0.15) is 30.9 Å². The average molecular weight is 383 g/mol. The van der Waals surface area contributed by atoms with E-state index in [1.165, 1.54) is 35.6 Å². The predicted molar refractivity (Wildman–Crippen MR) is 110 cm³/mol. The maximum Gasteiger partial charge on any atom is 0.124 e. The fourth-order valence-electron chi connectivity index (χ4n) is 4.19. The third kappa shape index (κ3) is 3.90. The molecule has 0 amide bonds. The number of benzene rings is 2. The number of ether oxygens (including phenoxy) is 1. The fourth-order valence-corrected chi connectivity index (χ4v) is 4.19. The van der Waals surface area contributed by atoms with Crippen molar-refractivity contribution in [1.82, 2.24) is 10.2 Å². The Morgan fingerprint density at radius 2 is 1.76 bits per heavy atom. The molecule has 3 nitrogen and oxygen atoms in total. The minimum atomic E-state index is 0. The molecule has 1 aliphatic heterocycles. The molecular formula is C20H28Cl2N2O. The van der Waals surface area contributed by atoms with Crippen LogP contribution in [0.2, 0.25) is 0 Å². The third-order valence-corrected chi connectivity index (χ3v) is 5.59. The summed E-state index contributed by atoms with van der Waals surface area (Å²) in [5.74, 6) is 1.83. The van der Waals surface area contributed by atoms with E-state index in [0.717, 1.165) is 37.8 Å². The van der Waals surface area contributed by atoms with Gasteiger partial charge in [-0.3, -0.25) is 4.90 Å². The van der Waals surface area contributed by atoms with Crippen LogP contribution in [0.3, 0.4) is 0 Å². The number of rotatable bonds is 4. The molecular weight excluding hydrogens is 355 g/mol. The fraction of sp³-hybridized carbons (Fsp3) is 0.500. The van der Waals surface area contributed by atoms with Crippen LogP contribution in [-0.2, 0) is 0 Å². The lowest BCUT2D eigenvalue weighted by Gasteiger charge is -2.44. The summed E-state index contributed by atoms with van der Waals surface area (Å²) in [6.45, 7) is 4.45. The first-order valence-corrected chi connectivity index (χ1v) is 8.89. The lowest BCUT2D eigenvalue weighted by molar-refractivity contribution is 0.0828. The standard InChI is InChI=1S/C20H26N2O.2ClH/c1-23-18-10-9-15-5-2-3-8-17(15)19(18)20(16-6-4-7-16)22-13-11-21-12-14-22;;/h2-3,5,8-10,16,20-21H,4,6-7,11-14H2,1H3;2*1H/t20-;;/m1../s1. The van der Waals surface area contributed by atoms with Gasteiger partial charge in [-0.25, -0.2) is 0 Å². The summed E-state index contributed by atoms with van der Waals surface area (Å²) < 4.78 is 5.80. The minimum Gasteiger partial charge on any atom is -0.496 e. The molecule has 2 aliphatic rings. The van der Waals surface area contributed by atoms with Gasteiger partial charge in [0.25, 0.3) is 0 Å². The molecule has 138 valence electrons. The Balaban J connectivity index is 0.00000113. The Morgan fingerprint density at radius 1 is 1.04 bits per heavy atom. The Kier molecular flexibility index (Phi) is 7.38. The summed E-state index contributed by atoms with van der Waals surface area (Å²) in [4.78, 5) is 2.69. The zero-order chi connectivity index (χ0) is 15.6. The molecule has 1 atom stereocenters. The lowest BCUT2D eigenvalue weighted by Crippen LogP contribution is -2.48. The van der Waals surface area contributed by atoms with Crippen LogP contribution in [0, 0.1) is 5.92 Å². The van der Waals surface area contributed by atoms with Crippen molar-refractivity contribution in [3.63, 3.8) is 0 Å². The Morgan fingerprint density at radius 3 is 2.40 bits per heavy atom. The van der Waals surface area contributed by atoms with Crippen LogP contribution >= 0.6 is 24.8 Å². The van der Waals surface area contributed by atoms with E-state index < -0.39 is 0 Å². The normalized spacial score (nSPS) is 19.4. The molecule has 2 aromatic rings. The molecule has 1 aliphatic carbocycles. The molecule has 5 heteroatoms. The average Bonchev–Trinajstić information content (AvgIpc) is 2.58. The topological polar surface area (TPSA) is 24.5 Å². The van der Waals surface area contributed by atoms with Gasteiger partial charge in [0, 0.05) is 37.8 Å². The second kappa shape index (κ2) is 9.09. The van der Waals surface area contributed by atoms with Crippen molar-refractivity contribution in [2.24, 2.45) is 5.92 Å². The minimum absolute atomic E-state index is 0. The number of halogens is 2. The lowest BCUT2D eigenvalue weighted by atomic mass is 9.75. The van der Waals surface area contributed by atoms with Crippen molar-refractivity contribution in [2.75, 3.05) is 33.3 Å². The highest BCUT2D eigenvalue weighted by atomic mass is 35.5. The molecule has 1 N–H and O–H groups in total. The summed E-state index contributed by atoms with van der Waals surface area (Å²) in [6, 6.07) is 13.6. The molecule has 0 radical (unpaired) electrons. The zero-order valence-electron chi connectivity index (χ0n) is 14.7. The Labute approximate surface area is 162 Å². The first-order chi connectivity index (χ1) is 11.4. The largest absolute Gasteiger partial charge is 0.496 e. The van der Waals surface area contributed by atoms with Gasteiger partial charge in [0.1, 0.15) is 5.75 Å². The Bertz CT molecular complexity index is 684. The molecule has 0 spiro atoms. The van der Waals surface area contributed by atoms with Gasteiger partial charge in [-0.05, 0) is 35.6 Å². The van der Waals surface area contributed by atoms with E-state index in [2.05, 4.69) is 46.6 Å². The Hall–Kier alpha value is -1.00. The molecule has 4 rings (SSSR count). The van der Waals surface area contributed by atoms with Crippen LogP contribution in [0.15, 0.2) is 36.4 Å². The molecule has 0 aromatic heterocycles. The number of nitrogens with zero attached hydrogens (tertiary/aromatic N) is 1. The van der Waals surface area contributed by atoms with Gasteiger partial charge in [0.05, 0.1) is 7.11 Å². The van der Waals surface area contributed by atoms with Gasteiger partial charge in [-0.15, -0.1) is 24.8 Å². The van der Waals surface area contributed by atoms with Crippen molar-refractivity contribution < 1.29 is 4.74 Å². The first kappa shape index (κ1) is 20.3. The molecule has 1 heterocycles. The number of methoxy groups -OCH3 is 1. The quantitative estimate of drug-likeness (QED) is 0.845. The van der Waals surface area contributed by atoms with Crippen LogP contribution in [0.25, 0.3) is 10.8 Å². The maximum absolute atomic E-state index is 5.80. The smallest absolute Gasteiger partial charge is 0.124 e. The SMILES string of the molecule is COc1ccc2ccccc2c1[C@@H](C1CCC1)N1CCNCC1.Cl.Cl. The van der Waals surface area contributed by atoms with E-state index in [9.17, 15) is 0 Å². The second-order valence-corrected chi connectivity index (χ2v) is 6.82. The van der Waals surface area contributed by atoms with Crippen LogP contribution in [-0.4, -0.2) is 38.2 Å². The summed E-state index contributed by atoms with van der Waals surface area (Å²) >= 11 is 0. The molecule has 1 saturated carbocycles. The number of hydrogen-bond donors (Lipinski definition) is 1. The van der Waals surface area contributed by atoms with E-state index in [1.54, 1.807) is 0 Å². The summed E-state index contributed by atoms with van der Waals surface area (Å²) in [6.07, 6.45) is 4.07. The molecule has 2 aromatic carbocycles. The van der Waals surface area contributed by atoms with Gasteiger partial charge in [0.2, 0.25) is 0 Å². The van der Waals surface area contributed by atoms with Gasteiger partial charge < -0.3 is 10.1 Å². The monoisotopic (exact) mass is 382 g/mol. The van der Waals surface area contributed by atoms with E-state index in [1.807, 2.05) is 7.11 Å². The second-order valence-electron chi connectivity index (χ2n) is 6.82. The summed E-state index contributed by atoms with van der Waals surface area (Å²) in [7, 11) is 1.81. The van der Waals surface area contributed by atoms with E-state index in [0.29, 0.717) is 6.04 Å². The molecule has 1 saturated heterocycles. The highest BCUT2D eigenvalue weighted by Crippen LogP contribution is 2.46. The van der Waals surface area contributed by atoms with E-state index in [4.69, 9.17) is 4.74 Å². The highest BCUT2D eigenvalue weighted by molar-refractivity contribution is 5.88. The summed E-state index contributed by atoms with van der Waals surface area (Å²) in [5, 5.41) is 6.17. The number of nitrogens with one attached hydrogen (secondary N) is 1. The third-order valence-electron chi connectivity index (χ3n) is 5.59. The predicted octanol–water partition coefficient (Wildman–Crippen LogP) is 4.44. The van der Waals surface area contributed by atoms with E-state index >= 15 is 0 Å². The van der Waals surface area contributed by atoms with Gasteiger partial charge in [-0.1, -0.05) is 36.8 Å². The molecule has 2 fully saturated rings. The highest BCUT2D eigenvalue weighted by Gasteiger charge is 2.36. The van der Waals surface area contributed by atoms with Crippen molar-refractivity contribution >= 4 is 35.6 Å². The number of hydrogen-bond acceptors (Lipinski definition) is 3. The maximum atomic E-state index is 5.80. The van der Waals surface area contributed by atoms with Crippen molar-refractivity contribution in [2.45, 2.75) is 25.3 Å². The van der Waals surface area contributed by atoms with Crippen molar-refractivity contribution in [3.8, 4) is 5.75 Å². The van der Waals surface area contributed by atoms with Gasteiger partial charge in [0.15, 0.2) is 0 Å². The van der Waals surface area contributed by atoms with Gasteiger partial charge >= 0.3 is 0 Å². The number of fused-ring (bicyclic) bond motifs is 1. The van der Waals surface area contributed by atoms with Crippen LogP contribution in [0.5, 0.6) is 5.75 Å². The molecule has 0 bridgehead atoms. The van der Waals surface area contributed by atoms with Crippen molar-refractivity contribution in [3.05, 3.63) is 42.0 Å². The van der Waals surface area contributed by atoms with E-state index in [-0.39, 0.29) is 24.8 Å².